The Morgan fingerprint density at radius 3 is 2.94 bits per heavy atom. The second kappa shape index (κ2) is 5.52. The van der Waals surface area contributed by atoms with E-state index in [0.29, 0.717) is 19.0 Å². The lowest BCUT2D eigenvalue weighted by Crippen LogP contribution is -2.10. The van der Waals surface area contributed by atoms with Crippen molar-refractivity contribution in [2.24, 2.45) is 5.73 Å². The van der Waals surface area contributed by atoms with E-state index in [2.05, 4.69) is 21.1 Å². The van der Waals surface area contributed by atoms with Gasteiger partial charge < -0.3 is 15.0 Å². The Morgan fingerprint density at radius 1 is 1.50 bits per heavy atom. The molecule has 0 aliphatic rings. The summed E-state index contributed by atoms with van der Waals surface area (Å²) < 4.78 is 11.5. The maximum Gasteiger partial charge on any atom is 0.262 e. The largest absolute Gasteiger partial charge is 0.474 e. The first-order chi connectivity index (χ1) is 7.22. The lowest BCUT2D eigenvalue weighted by Gasteiger charge is -1.99. The monoisotopic (exact) mass is 306 g/mol. The van der Waals surface area contributed by atoms with Crippen molar-refractivity contribution < 1.29 is 9.26 Å². The molecule has 0 amide bonds. The maximum absolute atomic E-state index is 5.37. The van der Waals surface area contributed by atoms with E-state index in [1.807, 2.05) is 19.1 Å². The summed E-state index contributed by atoms with van der Waals surface area (Å²) in [5.74, 6) is 0.500. The highest BCUT2D eigenvalue weighted by Gasteiger charge is 2.11. The first kappa shape index (κ1) is 13.3. The van der Waals surface area contributed by atoms with E-state index < -0.39 is 0 Å². The number of fused-ring (bicyclic) bond motifs is 1. The van der Waals surface area contributed by atoms with Crippen LogP contribution in [-0.4, -0.2) is 18.3 Å². The number of aryl methyl sites for hydroxylation is 1. The van der Waals surface area contributed by atoms with Crippen LogP contribution in [0.15, 0.2) is 21.1 Å². The van der Waals surface area contributed by atoms with Crippen molar-refractivity contribution in [3.8, 4) is 5.88 Å². The average Bonchev–Trinajstić information content (AvgIpc) is 2.58. The summed E-state index contributed by atoms with van der Waals surface area (Å²) in [5, 5.41) is 4.73. The summed E-state index contributed by atoms with van der Waals surface area (Å²) in [5.41, 5.74) is 7.13. The van der Waals surface area contributed by atoms with Gasteiger partial charge in [-0.05, 0) is 29.8 Å². The van der Waals surface area contributed by atoms with Gasteiger partial charge in [0.1, 0.15) is 6.61 Å². The average molecular weight is 308 g/mol. The highest BCUT2D eigenvalue weighted by Crippen LogP contribution is 2.30. The summed E-state index contributed by atoms with van der Waals surface area (Å²) in [6.07, 6.45) is 0. The molecule has 88 valence electrons. The van der Waals surface area contributed by atoms with Crippen molar-refractivity contribution in [3.05, 3.63) is 22.2 Å². The number of halogens is 2. The van der Waals surface area contributed by atoms with Crippen molar-refractivity contribution in [3.63, 3.8) is 0 Å². The van der Waals surface area contributed by atoms with Crippen molar-refractivity contribution in [1.82, 2.24) is 5.16 Å². The molecule has 0 spiro atoms. The second-order valence-electron chi connectivity index (χ2n) is 3.22. The van der Waals surface area contributed by atoms with Crippen molar-refractivity contribution in [2.75, 3.05) is 13.2 Å². The molecule has 2 aromatic rings. The molecule has 0 unspecified atom stereocenters. The molecule has 0 atom stereocenters. The molecule has 0 fully saturated rings. The van der Waals surface area contributed by atoms with Gasteiger partial charge >= 0.3 is 0 Å². The zero-order chi connectivity index (χ0) is 10.8. The molecule has 0 saturated carbocycles. The molecule has 1 heterocycles. The van der Waals surface area contributed by atoms with Gasteiger partial charge in [-0.15, -0.1) is 12.4 Å². The van der Waals surface area contributed by atoms with Gasteiger partial charge in [-0.3, -0.25) is 0 Å². The topological polar surface area (TPSA) is 61.3 Å². The second-order valence-corrected chi connectivity index (χ2v) is 4.14. The zero-order valence-electron chi connectivity index (χ0n) is 8.70. The minimum Gasteiger partial charge on any atom is -0.474 e. The molecular weight excluding hydrogens is 295 g/mol. The Morgan fingerprint density at radius 2 is 2.25 bits per heavy atom. The molecule has 2 rings (SSSR count). The van der Waals surface area contributed by atoms with Gasteiger partial charge in [-0.25, -0.2) is 0 Å². The standard InChI is InChI=1S/C10H11BrN2O2.ClH/c1-6-4-7(11)5-8-9(6)15-13-10(8)14-3-2-12;/h4-5H,2-3,12H2,1H3;1H. The number of nitrogens with two attached hydrogens (primary N) is 1. The van der Waals surface area contributed by atoms with Gasteiger partial charge in [-0.1, -0.05) is 15.9 Å². The van der Waals surface area contributed by atoms with E-state index in [9.17, 15) is 0 Å². The molecule has 0 saturated heterocycles. The van der Waals surface area contributed by atoms with Crippen LogP contribution in [0, 0.1) is 6.92 Å². The van der Waals surface area contributed by atoms with Gasteiger partial charge in [0.15, 0.2) is 5.58 Å². The number of aromatic nitrogens is 1. The quantitative estimate of drug-likeness (QED) is 0.947. The Hall–Kier alpha value is -0.780. The van der Waals surface area contributed by atoms with Crippen molar-refractivity contribution in [1.29, 1.82) is 0 Å². The first-order valence-corrected chi connectivity index (χ1v) is 5.40. The van der Waals surface area contributed by atoms with Gasteiger partial charge in [-0.2, -0.15) is 0 Å². The van der Waals surface area contributed by atoms with E-state index in [1.54, 1.807) is 0 Å². The Kier molecular flexibility index (Phi) is 4.58. The molecule has 4 nitrogen and oxygen atoms in total. The van der Waals surface area contributed by atoms with Gasteiger partial charge in [0, 0.05) is 11.0 Å². The smallest absolute Gasteiger partial charge is 0.262 e. The van der Waals surface area contributed by atoms with Crippen LogP contribution in [0.25, 0.3) is 11.0 Å². The SMILES string of the molecule is Cc1cc(Br)cc2c(OCCN)noc12.Cl. The summed E-state index contributed by atoms with van der Waals surface area (Å²) in [6.45, 7) is 2.86. The van der Waals surface area contributed by atoms with Gasteiger partial charge in [0.05, 0.1) is 5.39 Å². The van der Waals surface area contributed by atoms with E-state index in [0.717, 1.165) is 21.0 Å². The molecule has 1 aromatic carbocycles. The summed E-state index contributed by atoms with van der Waals surface area (Å²) in [6, 6.07) is 3.89. The number of benzene rings is 1. The first-order valence-electron chi connectivity index (χ1n) is 4.61. The van der Waals surface area contributed by atoms with Crippen LogP contribution in [-0.2, 0) is 0 Å². The summed E-state index contributed by atoms with van der Waals surface area (Å²) in [7, 11) is 0. The van der Waals surface area contributed by atoms with Crippen LogP contribution in [0.3, 0.4) is 0 Å². The third kappa shape index (κ3) is 2.48. The predicted octanol–water partition coefficient (Wildman–Crippen LogP) is 2.66. The molecule has 6 heteroatoms. The fourth-order valence-corrected chi connectivity index (χ4v) is 1.98. The molecular formula is C10H12BrClN2O2. The summed E-state index contributed by atoms with van der Waals surface area (Å²) >= 11 is 3.42. The maximum atomic E-state index is 5.37. The van der Waals surface area contributed by atoms with E-state index in [4.69, 9.17) is 15.0 Å². The summed E-state index contributed by atoms with van der Waals surface area (Å²) in [4.78, 5) is 0. The van der Waals surface area contributed by atoms with Crippen LogP contribution in [0.2, 0.25) is 0 Å². The van der Waals surface area contributed by atoms with E-state index in [-0.39, 0.29) is 12.4 Å². The van der Waals surface area contributed by atoms with Gasteiger partial charge in [0.2, 0.25) is 0 Å². The molecule has 16 heavy (non-hydrogen) atoms. The number of nitrogens with zero attached hydrogens (tertiary/aromatic N) is 1. The predicted molar refractivity (Wildman–Crippen MR) is 68.2 cm³/mol. The lowest BCUT2D eigenvalue weighted by molar-refractivity contribution is 0.293. The van der Waals surface area contributed by atoms with Crippen molar-refractivity contribution in [2.45, 2.75) is 6.92 Å². The highest BCUT2D eigenvalue weighted by atomic mass is 79.9. The molecule has 0 bridgehead atoms. The fourth-order valence-electron chi connectivity index (χ4n) is 1.41. The van der Waals surface area contributed by atoms with Gasteiger partial charge in [0.25, 0.3) is 5.88 Å². The fraction of sp³-hybridized carbons (Fsp3) is 0.300. The minimum absolute atomic E-state index is 0. The molecule has 0 aliphatic heterocycles. The van der Waals surface area contributed by atoms with Crippen molar-refractivity contribution >= 4 is 39.3 Å². The van der Waals surface area contributed by atoms with Crippen LogP contribution < -0.4 is 10.5 Å². The Bertz CT molecular complexity index is 487. The Balaban J connectivity index is 0.00000128. The normalized spacial score (nSPS) is 10.2. The zero-order valence-corrected chi connectivity index (χ0v) is 11.1. The van der Waals surface area contributed by atoms with E-state index in [1.165, 1.54) is 0 Å². The van der Waals surface area contributed by atoms with Crippen LogP contribution >= 0.6 is 28.3 Å². The lowest BCUT2D eigenvalue weighted by atomic mass is 10.2. The number of hydrogen-bond acceptors (Lipinski definition) is 4. The minimum atomic E-state index is 0. The van der Waals surface area contributed by atoms with Crippen LogP contribution in [0.1, 0.15) is 5.56 Å². The number of rotatable bonds is 3. The third-order valence-electron chi connectivity index (χ3n) is 2.05. The molecule has 0 aliphatic carbocycles. The molecule has 1 aromatic heterocycles. The number of ether oxygens (including phenoxy) is 1. The van der Waals surface area contributed by atoms with Crippen LogP contribution in [0.5, 0.6) is 5.88 Å². The Labute approximate surface area is 108 Å². The number of hydrogen-bond donors (Lipinski definition) is 1. The third-order valence-corrected chi connectivity index (χ3v) is 2.50. The molecule has 2 N–H and O–H groups in total. The van der Waals surface area contributed by atoms with E-state index >= 15 is 0 Å². The van der Waals surface area contributed by atoms with Crippen LogP contribution in [0.4, 0.5) is 0 Å². The molecule has 0 radical (unpaired) electrons. The highest BCUT2D eigenvalue weighted by molar-refractivity contribution is 9.10.